The molecular weight excluding hydrogens is 390 g/mol. The lowest BCUT2D eigenvalue weighted by Crippen LogP contribution is -2.46. The summed E-state index contributed by atoms with van der Waals surface area (Å²) >= 11 is 6.07. The van der Waals surface area contributed by atoms with E-state index in [-0.39, 0.29) is 11.7 Å². The number of halogens is 1. The monoisotopic (exact) mass is 405 g/mol. The zero-order valence-electron chi connectivity index (χ0n) is 15.2. The molecule has 0 aliphatic carbocycles. The van der Waals surface area contributed by atoms with Crippen molar-refractivity contribution in [3.8, 4) is 0 Å². The van der Waals surface area contributed by atoms with Crippen molar-refractivity contribution in [1.29, 1.82) is 0 Å². The number of benzene rings is 2. The number of imide groups is 1. The van der Waals surface area contributed by atoms with Crippen molar-refractivity contribution in [2.24, 2.45) is 16.9 Å². The highest BCUT2D eigenvalue weighted by Crippen LogP contribution is 2.46. The summed E-state index contributed by atoms with van der Waals surface area (Å²) in [4.78, 5) is 41.2. The normalized spacial score (nSPS) is 27.3. The highest BCUT2D eigenvalue weighted by atomic mass is 35.5. The van der Waals surface area contributed by atoms with Gasteiger partial charge >= 0.3 is 0 Å². The zero-order valence-corrected chi connectivity index (χ0v) is 15.9. The number of amides is 2. The average Bonchev–Trinajstić information content (AvgIpc) is 3.21. The van der Waals surface area contributed by atoms with Crippen molar-refractivity contribution in [3.05, 3.63) is 77.3 Å². The van der Waals surface area contributed by atoms with E-state index in [0.29, 0.717) is 16.3 Å². The number of hydrogen-bond acceptors (Lipinski definition) is 5. The first-order valence-corrected chi connectivity index (χ1v) is 9.67. The molecule has 2 saturated heterocycles. The highest BCUT2D eigenvalue weighted by Gasteiger charge is 2.64. The molecule has 0 aromatic heterocycles. The van der Waals surface area contributed by atoms with Crippen LogP contribution < -0.4 is 4.90 Å². The lowest BCUT2D eigenvalue weighted by molar-refractivity contribution is -0.123. The van der Waals surface area contributed by atoms with E-state index in [9.17, 15) is 14.4 Å². The van der Waals surface area contributed by atoms with E-state index >= 15 is 0 Å². The molecule has 0 unspecified atom stereocenters. The maximum atomic E-state index is 13.4. The van der Waals surface area contributed by atoms with Crippen molar-refractivity contribution in [2.45, 2.75) is 12.1 Å². The minimum Gasteiger partial charge on any atom is -0.292 e. The summed E-state index contributed by atoms with van der Waals surface area (Å²) in [6, 6.07) is 14.1. The second-order valence-electron chi connectivity index (χ2n) is 7.24. The molecule has 0 saturated carbocycles. The third-order valence-corrected chi connectivity index (χ3v) is 5.92. The fourth-order valence-electron chi connectivity index (χ4n) is 4.48. The second kappa shape index (κ2) is 6.67. The van der Waals surface area contributed by atoms with Crippen LogP contribution in [0.5, 0.6) is 0 Å². The molecule has 3 aliphatic rings. The Kier molecular flexibility index (Phi) is 4.10. The third-order valence-electron chi connectivity index (χ3n) is 5.68. The summed E-state index contributed by atoms with van der Waals surface area (Å²) in [5.41, 5.74) is 0.908. The summed E-state index contributed by atoms with van der Waals surface area (Å²) in [5, 5.41) is 6.38. The van der Waals surface area contributed by atoms with Crippen LogP contribution in [0.1, 0.15) is 10.4 Å². The molecule has 2 aromatic carbocycles. The van der Waals surface area contributed by atoms with Crippen LogP contribution in [-0.2, 0) is 9.59 Å². The van der Waals surface area contributed by atoms with Gasteiger partial charge in [-0.05, 0) is 24.3 Å². The maximum absolute atomic E-state index is 13.4. The predicted octanol–water partition coefficient (Wildman–Crippen LogP) is 2.94. The summed E-state index contributed by atoms with van der Waals surface area (Å²) in [6.45, 7) is 0. The van der Waals surface area contributed by atoms with Crippen LogP contribution in [0.15, 0.2) is 71.9 Å². The summed E-state index contributed by atoms with van der Waals surface area (Å²) < 4.78 is 0. The number of rotatable bonds is 3. The number of fused-ring (bicyclic) bond motifs is 3. The van der Waals surface area contributed by atoms with Crippen LogP contribution in [0.3, 0.4) is 0 Å². The van der Waals surface area contributed by atoms with Gasteiger partial charge in [0.15, 0.2) is 5.78 Å². The first kappa shape index (κ1) is 17.8. The van der Waals surface area contributed by atoms with Crippen molar-refractivity contribution in [3.63, 3.8) is 0 Å². The Bertz CT molecular complexity index is 1080. The molecule has 29 heavy (non-hydrogen) atoms. The fourth-order valence-corrected chi connectivity index (χ4v) is 4.66. The number of allylic oxidation sites excluding steroid dienone is 1. The minimum absolute atomic E-state index is 0.218. The van der Waals surface area contributed by atoms with E-state index in [1.807, 2.05) is 12.1 Å². The largest absolute Gasteiger partial charge is 0.292 e. The Labute approximate surface area is 172 Å². The zero-order chi connectivity index (χ0) is 20.1. The lowest BCUT2D eigenvalue weighted by atomic mass is 9.86. The van der Waals surface area contributed by atoms with Gasteiger partial charge in [-0.1, -0.05) is 54.1 Å². The molecule has 5 rings (SSSR count). The van der Waals surface area contributed by atoms with Crippen molar-refractivity contribution < 1.29 is 14.4 Å². The van der Waals surface area contributed by atoms with Gasteiger partial charge in [0.2, 0.25) is 11.8 Å². The third kappa shape index (κ3) is 2.63. The van der Waals surface area contributed by atoms with Gasteiger partial charge < -0.3 is 0 Å². The number of ketones is 1. The number of nitrogens with zero attached hydrogens (tertiary/aromatic N) is 3. The standard InChI is InChI=1S/C22H16ClN3O3/c23-14-8-4-9-15(12-14)25-21(28)17-16-10-5-11-24-26(16)19(18(17)22(25)29)20(27)13-6-2-1-3-7-13/h1-12,16-19H/t16-,17-,18-,19-/m1/s1. The molecule has 3 aliphatic heterocycles. The van der Waals surface area contributed by atoms with E-state index in [0.717, 1.165) is 4.90 Å². The molecule has 2 amide bonds. The van der Waals surface area contributed by atoms with Crippen molar-refractivity contribution in [1.82, 2.24) is 5.01 Å². The highest BCUT2D eigenvalue weighted by molar-refractivity contribution is 6.31. The SMILES string of the molecule is O=C(c1ccccc1)[C@H]1[C@@H]2C(=O)N(c3cccc(Cl)c3)C(=O)[C@@H]2[C@H]2C=CC=NN21. The van der Waals surface area contributed by atoms with Crippen LogP contribution in [-0.4, -0.2) is 40.9 Å². The minimum atomic E-state index is -0.839. The number of Topliss-reactive ketones (excluding diaryl/α,β-unsaturated/α-hetero) is 1. The fraction of sp³-hybridized carbons (Fsp3) is 0.182. The summed E-state index contributed by atoms with van der Waals surface area (Å²) in [5.74, 6) is -2.42. The molecule has 144 valence electrons. The Balaban J connectivity index is 1.59. The van der Waals surface area contributed by atoms with Crippen LogP contribution in [0, 0.1) is 11.8 Å². The van der Waals surface area contributed by atoms with Crippen LogP contribution in [0.25, 0.3) is 0 Å². The van der Waals surface area contributed by atoms with E-state index in [1.54, 1.807) is 65.8 Å². The van der Waals surface area contributed by atoms with Crippen LogP contribution in [0.2, 0.25) is 5.02 Å². The van der Waals surface area contributed by atoms with Crippen LogP contribution >= 0.6 is 11.6 Å². The molecule has 2 fully saturated rings. The van der Waals surface area contributed by atoms with Crippen molar-refractivity contribution >= 4 is 41.1 Å². The Morgan fingerprint density at radius 2 is 1.72 bits per heavy atom. The average molecular weight is 406 g/mol. The van der Waals surface area contributed by atoms with Gasteiger partial charge in [0, 0.05) is 16.8 Å². The number of carbonyl (C=O) groups is 3. The maximum Gasteiger partial charge on any atom is 0.240 e. The van der Waals surface area contributed by atoms with Gasteiger partial charge in [0.1, 0.15) is 6.04 Å². The molecule has 3 heterocycles. The predicted molar refractivity (Wildman–Crippen MR) is 109 cm³/mol. The smallest absolute Gasteiger partial charge is 0.240 e. The second-order valence-corrected chi connectivity index (χ2v) is 7.67. The molecule has 0 radical (unpaired) electrons. The molecule has 2 aromatic rings. The molecule has 0 spiro atoms. The topological polar surface area (TPSA) is 70.0 Å². The van der Waals surface area contributed by atoms with Gasteiger partial charge in [0.25, 0.3) is 0 Å². The summed E-state index contributed by atoms with van der Waals surface area (Å²) in [6.07, 6.45) is 5.15. The number of hydrazone groups is 1. The molecule has 0 bridgehead atoms. The number of carbonyl (C=O) groups excluding carboxylic acids is 3. The van der Waals surface area contributed by atoms with E-state index in [2.05, 4.69) is 5.10 Å². The van der Waals surface area contributed by atoms with E-state index in [4.69, 9.17) is 11.6 Å². The van der Waals surface area contributed by atoms with Gasteiger partial charge in [-0.25, -0.2) is 4.90 Å². The quantitative estimate of drug-likeness (QED) is 0.581. The number of hydrogen-bond donors (Lipinski definition) is 0. The van der Waals surface area contributed by atoms with Gasteiger partial charge in [-0.15, -0.1) is 0 Å². The first-order valence-electron chi connectivity index (χ1n) is 9.29. The molecule has 6 nitrogen and oxygen atoms in total. The first-order chi connectivity index (χ1) is 14.1. The molecule has 7 heteroatoms. The Morgan fingerprint density at radius 3 is 2.48 bits per heavy atom. The van der Waals surface area contributed by atoms with E-state index < -0.39 is 29.8 Å². The molecule has 0 N–H and O–H groups in total. The van der Waals surface area contributed by atoms with Crippen molar-refractivity contribution in [2.75, 3.05) is 4.90 Å². The molecule has 4 atom stereocenters. The van der Waals surface area contributed by atoms with Gasteiger partial charge in [-0.2, -0.15) is 5.10 Å². The van der Waals surface area contributed by atoms with Crippen LogP contribution in [0.4, 0.5) is 5.69 Å². The Morgan fingerprint density at radius 1 is 0.966 bits per heavy atom. The lowest BCUT2D eigenvalue weighted by Gasteiger charge is -2.30. The molecular formula is C22H16ClN3O3. The van der Waals surface area contributed by atoms with E-state index in [1.165, 1.54) is 0 Å². The summed E-state index contributed by atoms with van der Waals surface area (Å²) in [7, 11) is 0. The number of anilines is 1. The van der Waals surface area contributed by atoms with Gasteiger partial charge in [0.05, 0.1) is 23.6 Å². The van der Waals surface area contributed by atoms with Gasteiger partial charge in [-0.3, -0.25) is 19.4 Å². The Hall–Kier alpha value is -3.25.